The molecule has 0 spiro atoms. The molecule has 3 aromatic rings. The number of aromatic amines is 1. The lowest BCUT2D eigenvalue weighted by Crippen LogP contribution is -2.38. The zero-order valence-corrected chi connectivity index (χ0v) is 20.1. The third-order valence-corrected chi connectivity index (χ3v) is 7.56. The number of ether oxygens (including phenoxy) is 3. The van der Waals surface area contributed by atoms with Crippen molar-refractivity contribution in [2.24, 2.45) is 0 Å². The molecule has 1 saturated heterocycles. The Morgan fingerprint density at radius 3 is 2.74 bits per heavy atom. The predicted molar refractivity (Wildman–Crippen MR) is 128 cm³/mol. The van der Waals surface area contributed by atoms with Gasteiger partial charge in [-0.25, -0.2) is 4.68 Å². The Kier molecular flexibility index (Phi) is 6.15. The SMILES string of the molecule is CC[C@H](c1nnnn1C1CCCC1)N(Cc1cc2cc3c(cc2[nH]c1=O)OCO3)C[C@@H]1CCCO1. The lowest BCUT2D eigenvalue weighted by molar-refractivity contribution is 0.0484. The molecule has 0 amide bonds. The van der Waals surface area contributed by atoms with E-state index in [-0.39, 0.29) is 24.5 Å². The molecule has 1 aromatic carbocycles. The Morgan fingerprint density at radius 1 is 1.14 bits per heavy atom. The molecule has 2 aliphatic heterocycles. The van der Waals surface area contributed by atoms with Crippen LogP contribution in [-0.4, -0.2) is 56.1 Å². The van der Waals surface area contributed by atoms with E-state index >= 15 is 0 Å². The lowest BCUT2D eigenvalue weighted by Gasteiger charge is -2.32. The van der Waals surface area contributed by atoms with E-state index in [0.717, 1.165) is 62.0 Å². The van der Waals surface area contributed by atoms with Crippen molar-refractivity contribution in [1.82, 2.24) is 30.1 Å². The molecule has 3 aliphatic rings. The summed E-state index contributed by atoms with van der Waals surface area (Å²) in [4.78, 5) is 18.5. The zero-order chi connectivity index (χ0) is 23.8. The number of aromatic nitrogens is 5. The van der Waals surface area contributed by atoms with Gasteiger partial charge in [-0.05, 0) is 54.7 Å². The molecule has 6 rings (SSSR count). The minimum Gasteiger partial charge on any atom is -0.454 e. The van der Waals surface area contributed by atoms with Crippen molar-refractivity contribution in [3.8, 4) is 11.5 Å². The number of hydrogen-bond acceptors (Lipinski definition) is 8. The first-order valence-corrected chi connectivity index (χ1v) is 12.8. The highest BCUT2D eigenvalue weighted by molar-refractivity contribution is 5.83. The Balaban J connectivity index is 1.34. The smallest absolute Gasteiger partial charge is 0.252 e. The minimum absolute atomic E-state index is 0.0124. The number of rotatable bonds is 8. The molecule has 35 heavy (non-hydrogen) atoms. The van der Waals surface area contributed by atoms with Crippen molar-refractivity contribution in [1.29, 1.82) is 0 Å². The third kappa shape index (κ3) is 4.40. The van der Waals surface area contributed by atoms with Gasteiger partial charge in [0, 0.05) is 36.7 Å². The van der Waals surface area contributed by atoms with Crippen LogP contribution in [-0.2, 0) is 11.3 Å². The molecule has 0 radical (unpaired) electrons. The molecule has 2 fully saturated rings. The first kappa shape index (κ1) is 22.5. The van der Waals surface area contributed by atoms with Crippen LogP contribution in [0.2, 0.25) is 0 Å². The fraction of sp³-hybridized carbons (Fsp3) is 0.600. The predicted octanol–water partition coefficient (Wildman–Crippen LogP) is 3.49. The molecule has 2 atom stereocenters. The van der Waals surface area contributed by atoms with Crippen LogP contribution < -0.4 is 15.0 Å². The Labute approximate surface area is 203 Å². The first-order chi connectivity index (χ1) is 17.2. The van der Waals surface area contributed by atoms with Crippen molar-refractivity contribution in [3.05, 3.63) is 39.9 Å². The maximum atomic E-state index is 13.1. The molecule has 4 heterocycles. The molecule has 10 nitrogen and oxygen atoms in total. The summed E-state index contributed by atoms with van der Waals surface area (Å²) < 4.78 is 19.0. The number of H-pyrrole nitrogens is 1. The Morgan fingerprint density at radius 2 is 1.97 bits per heavy atom. The molecule has 0 bridgehead atoms. The highest BCUT2D eigenvalue weighted by Crippen LogP contribution is 2.36. The molecule has 10 heteroatoms. The molecular weight excluding hydrogens is 448 g/mol. The van der Waals surface area contributed by atoms with Gasteiger partial charge in [-0.1, -0.05) is 19.8 Å². The van der Waals surface area contributed by atoms with Gasteiger partial charge in [0.2, 0.25) is 6.79 Å². The second-order valence-electron chi connectivity index (χ2n) is 9.82. The van der Waals surface area contributed by atoms with Gasteiger partial charge in [-0.15, -0.1) is 5.10 Å². The van der Waals surface area contributed by atoms with E-state index in [0.29, 0.717) is 29.6 Å². The van der Waals surface area contributed by atoms with Crippen LogP contribution in [0.4, 0.5) is 0 Å². The van der Waals surface area contributed by atoms with Gasteiger partial charge >= 0.3 is 0 Å². The van der Waals surface area contributed by atoms with Gasteiger partial charge < -0.3 is 19.2 Å². The molecule has 0 unspecified atom stereocenters. The van der Waals surface area contributed by atoms with Crippen LogP contribution in [0.3, 0.4) is 0 Å². The number of nitrogens with zero attached hydrogens (tertiary/aromatic N) is 5. The van der Waals surface area contributed by atoms with Crippen LogP contribution >= 0.6 is 0 Å². The lowest BCUT2D eigenvalue weighted by atomic mass is 10.1. The first-order valence-electron chi connectivity index (χ1n) is 12.8. The van der Waals surface area contributed by atoms with E-state index in [1.807, 2.05) is 22.9 Å². The minimum atomic E-state index is -0.0982. The van der Waals surface area contributed by atoms with Gasteiger partial charge in [-0.3, -0.25) is 9.69 Å². The van der Waals surface area contributed by atoms with Crippen LogP contribution in [0.25, 0.3) is 10.9 Å². The van der Waals surface area contributed by atoms with Crippen molar-refractivity contribution in [2.45, 2.75) is 76.6 Å². The summed E-state index contributed by atoms with van der Waals surface area (Å²) in [7, 11) is 0. The number of hydrogen-bond donors (Lipinski definition) is 1. The van der Waals surface area contributed by atoms with Crippen molar-refractivity contribution in [3.63, 3.8) is 0 Å². The fourth-order valence-electron chi connectivity index (χ4n) is 5.76. The van der Waals surface area contributed by atoms with Crippen LogP contribution in [0.15, 0.2) is 23.0 Å². The van der Waals surface area contributed by atoms with Crippen molar-refractivity contribution < 1.29 is 14.2 Å². The summed E-state index contributed by atoms with van der Waals surface area (Å²) in [5, 5.41) is 13.8. The topological polar surface area (TPSA) is 107 Å². The highest BCUT2D eigenvalue weighted by atomic mass is 16.7. The van der Waals surface area contributed by atoms with Crippen LogP contribution in [0, 0.1) is 0 Å². The van der Waals surface area contributed by atoms with Crippen LogP contribution in [0.1, 0.15) is 75.3 Å². The van der Waals surface area contributed by atoms with E-state index in [9.17, 15) is 4.79 Å². The maximum absolute atomic E-state index is 13.1. The average molecular weight is 481 g/mol. The third-order valence-electron chi connectivity index (χ3n) is 7.56. The zero-order valence-electron chi connectivity index (χ0n) is 20.1. The number of fused-ring (bicyclic) bond motifs is 2. The average Bonchev–Trinajstić information content (AvgIpc) is 3.66. The largest absolute Gasteiger partial charge is 0.454 e. The summed E-state index contributed by atoms with van der Waals surface area (Å²) in [6, 6.07) is 6.07. The number of tetrazole rings is 1. The number of benzene rings is 1. The standard InChI is InChI=1S/C25H32N6O4/c1-2-21(24-27-28-29-31(24)18-6-3-4-7-18)30(14-19-8-5-9-33-19)13-17-10-16-11-22-23(35-15-34-22)12-20(16)26-25(17)32/h10-12,18-19,21H,2-9,13-15H2,1H3,(H,26,32)/t19-,21+/m0/s1. The van der Waals surface area contributed by atoms with Gasteiger partial charge in [0.25, 0.3) is 5.56 Å². The summed E-state index contributed by atoms with van der Waals surface area (Å²) in [5.41, 5.74) is 1.34. The normalized spacial score (nSPS) is 20.9. The van der Waals surface area contributed by atoms with Crippen molar-refractivity contribution >= 4 is 10.9 Å². The summed E-state index contributed by atoms with van der Waals surface area (Å²) in [6.45, 7) is 4.36. The molecule has 1 N–H and O–H groups in total. The van der Waals surface area contributed by atoms with E-state index in [2.05, 4.69) is 32.3 Å². The van der Waals surface area contributed by atoms with Gasteiger partial charge in [0.1, 0.15) is 0 Å². The summed E-state index contributed by atoms with van der Waals surface area (Å²) in [5.74, 6) is 2.25. The molecule has 1 saturated carbocycles. The van der Waals surface area contributed by atoms with E-state index in [4.69, 9.17) is 14.2 Å². The second-order valence-corrected chi connectivity index (χ2v) is 9.82. The highest BCUT2D eigenvalue weighted by Gasteiger charge is 2.32. The van der Waals surface area contributed by atoms with Crippen LogP contribution in [0.5, 0.6) is 11.5 Å². The van der Waals surface area contributed by atoms with Gasteiger partial charge in [0.15, 0.2) is 17.3 Å². The summed E-state index contributed by atoms with van der Waals surface area (Å²) in [6.07, 6.45) is 7.73. The van der Waals surface area contributed by atoms with Gasteiger partial charge in [-0.2, -0.15) is 0 Å². The molecular formula is C25H32N6O4. The monoisotopic (exact) mass is 480 g/mol. The molecule has 2 aromatic heterocycles. The van der Waals surface area contributed by atoms with E-state index in [1.54, 1.807) is 0 Å². The fourth-order valence-corrected chi connectivity index (χ4v) is 5.76. The summed E-state index contributed by atoms with van der Waals surface area (Å²) >= 11 is 0. The molecule has 186 valence electrons. The van der Waals surface area contributed by atoms with E-state index < -0.39 is 0 Å². The maximum Gasteiger partial charge on any atom is 0.252 e. The number of nitrogens with one attached hydrogen (secondary N) is 1. The van der Waals surface area contributed by atoms with Crippen molar-refractivity contribution in [2.75, 3.05) is 19.9 Å². The molecule has 1 aliphatic carbocycles. The van der Waals surface area contributed by atoms with Gasteiger partial charge in [0.05, 0.1) is 23.7 Å². The number of pyridine rings is 1. The quantitative estimate of drug-likeness (QED) is 0.522. The van der Waals surface area contributed by atoms with E-state index in [1.165, 1.54) is 12.8 Å². The Bertz CT molecular complexity index is 1240. The second kappa shape index (κ2) is 9.58. The Hall–Kier alpha value is -2.98.